The molecule has 3 aromatic rings. The zero-order valence-electron chi connectivity index (χ0n) is 13.6. The van der Waals surface area contributed by atoms with Crippen LogP contribution in [0.2, 0.25) is 5.02 Å². The largest absolute Gasteiger partial charge is 0.357 e. The second-order valence-electron chi connectivity index (χ2n) is 6.51. The number of H-pyrrole nitrogens is 2. The number of hydrogen-bond acceptors (Lipinski definition) is 2. The van der Waals surface area contributed by atoms with Crippen LogP contribution < -0.4 is 0 Å². The highest BCUT2D eigenvalue weighted by Crippen LogP contribution is 2.35. The quantitative estimate of drug-likeness (QED) is 0.720. The molecule has 1 aliphatic heterocycles. The van der Waals surface area contributed by atoms with E-state index in [2.05, 4.69) is 28.8 Å². The second-order valence-corrected chi connectivity index (χ2v) is 6.92. The van der Waals surface area contributed by atoms with Crippen LogP contribution in [0.5, 0.6) is 0 Å². The summed E-state index contributed by atoms with van der Waals surface area (Å²) in [4.78, 5) is 25.3. The number of amides is 1. The van der Waals surface area contributed by atoms with Gasteiger partial charge in [-0.25, -0.2) is 4.98 Å². The third-order valence-electron chi connectivity index (χ3n) is 4.93. The van der Waals surface area contributed by atoms with Gasteiger partial charge in [-0.2, -0.15) is 0 Å². The Bertz CT molecular complexity index is 909. The first-order valence-electron chi connectivity index (χ1n) is 8.19. The summed E-state index contributed by atoms with van der Waals surface area (Å²) >= 11 is 6.37. The van der Waals surface area contributed by atoms with E-state index < -0.39 is 0 Å². The lowest BCUT2D eigenvalue weighted by atomic mass is 10.1. The number of halogens is 1. The van der Waals surface area contributed by atoms with Crippen LogP contribution in [-0.4, -0.2) is 37.8 Å². The van der Waals surface area contributed by atoms with Gasteiger partial charge in [-0.3, -0.25) is 4.79 Å². The Kier molecular flexibility index (Phi) is 3.61. The molecule has 24 heavy (non-hydrogen) atoms. The molecular weight excluding hydrogens is 324 g/mol. The molecule has 0 spiro atoms. The number of hydrogen-bond donors (Lipinski definition) is 2. The maximum atomic E-state index is 12.9. The van der Waals surface area contributed by atoms with Crippen LogP contribution in [0.3, 0.4) is 0 Å². The molecule has 0 aromatic carbocycles. The first-order valence-corrected chi connectivity index (χ1v) is 8.57. The lowest BCUT2D eigenvalue weighted by Gasteiger charge is -2.25. The van der Waals surface area contributed by atoms with Crippen molar-refractivity contribution in [3.05, 3.63) is 41.4 Å². The topological polar surface area (TPSA) is 64.8 Å². The van der Waals surface area contributed by atoms with Gasteiger partial charge in [0.1, 0.15) is 11.3 Å². The monoisotopic (exact) mass is 344 g/mol. The first kappa shape index (κ1) is 15.3. The Hall–Kier alpha value is -2.27. The van der Waals surface area contributed by atoms with E-state index in [1.165, 1.54) is 0 Å². The second kappa shape index (κ2) is 5.67. The summed E-state index contributed by atoms with van der Waals surface area (Å²) in [7, 11) is 0. The van der Waals surface area contributed by atoms with Gasteiger partial charge < -0.3 is 14.9 Å². The predicted octanol–water partition coefficient (Wildman–Crippen LogP) is 4.47. The highest BCUT2D eigenvalue weighted by molar-refractivity contribution is 6.34. The van der Waals surface area contributed by atoms with Crippen molar-refractivity contribution in [3.8, 4) is 11.1 Å². The van der Waals surface area contributed by atoms with Crippen molar-refractivity contribution in [2.45, 2.75) is 38.8 Å². The Morgan fingerprint density at radius 1 is 1.33 bits per heavy atom. The maximum Gasteiger partial charge on any atom is 0.270 e. The lowest BCUT2D eigenvalue weighted by molar-refractivity contribution is 0.0687. The van der Waals surface area contributed by atoms with E-state index in [1.807, 2.05) is 29.4 Å². The molecule has 126 valence electrons. The molecule has 1 saturated heterocycles. The van der Waals surface area contributed by atoms with E-state index in [0.717, 1.165) is 35.0 Å². The van der Waals surface area contributed by atoms with E-state index in [-0.39, 0.29) is 19.4 Å². The predicted molar refractivity (Wildman–Crippen MR) is 97.3 cm³/mol. The molecule has 0 bridgehead atoms. The minimum atomic E-state index is 0. The summed E-state index contributed by atoms with van der Waals surface area (Å²) in [5.41, 5.74) is 3.17. The van der Waals surface area contributed by atoms with Gasteiger partial charge in [-0.1, -0.05) is 11.6 Å². The van der Waals surface area contributed by atoms with Crippen molar-refractivity contribution in [3.63, 3.8) is 0 Å². The minimum absolute atomic E-state index is 0. The summed E-state index contributed by atoms with van der Waals surface area (Å²) in [5, 5.41) is 1.52. The van der Waals surface area contributed by atoms with Crippen molar-refractivity contribution < 1.29 is 6.22 Å². The molecule has 5 nitrogen and oxygen atoms in total. The summed E-state index contributed by atoms with van der Waals surface area (Å²) in [6.07, 6.45) is 7.42. The summed E-state index contributed by atoms with van der Waals surface area (Å²) in [5.74, 6) is 0.0502. The van der Waals surface area contributed by atoms with Gasteiger partial charge in [0.2, 0.25) is 0 Å². The van der Waals surface area contributed by atoms with Gasteiger partial charge in [-0.05, 0) is 38.8 Å². The molecule has 1 aliphatic rings. The number of aromatic amines is 2. The van der Waals surface area contributed by atoms with E-state index in [9.17, 15) is 4.79 Å². The molecular formula is C18H21ClN4O. The zero-order valence-corrected chi connectivity index (χ0v) is 14.4. The van der Waals surface area contributed by atoms with Gasteiger partial charge in [-0.15, -0.1) is 0 Å². The van der Waals surface area contributed by atoms with Gasteiger partial charge in [0.25, 0.3) is 5.91 Å². The van der Waals surface area contributed by atoms with Crippen LogP contribution in [0.1, 0.15) is 38.6 Å². The average molecular weight is 345 g/mol. The standard InChI is InChI=1S/C18H19ClN4O.H2/c1-10-3-4-11(2)23(10)18(24)15-7-12(8-21-15)16-13-5-6-20-17(13)22-9-14(16)19;/h5-11,21H,3-4H2,1-2H3,(H,20,22);1H. The Balaban J connectivity index is 0.00000182. The highest BCUT2D eigenvalue weighted by Gasteiger charge is 2.32. The van der Waals surface area contributed by atoms with Gasteiger partial charge in [0, 0.05) is 48.6 Å². The number of carbonyl (C=O) groups excluding carboxylic acids is 1. The molecule has 0 saturated carbocycles. The lowest BCUT2D eigenvalue weighted by Crippen LogP contribution is -2.38. The van der Waals surface area contributed by atoms with Crippen molar-refractivity contribution in [1.29, 1.82) is 0 Å². The Morgan fingerprint density at radius 2 is 2.08 bits per heavy atom. The summed E-state index contributed by atoms with van der Waals surface area (Å²) in [6.45, 7) is 4.21. The smallest absolute Gasteiger partial charge is 0.270 e. The van der Waals surface area contributed by atoms with Crippen LogP contribution in [0.15, 0.2) is 30.7 Å². The number of nitrogens with one attached hydrogen (secondary N) is 2. The van der Waals surface area contributed by atoms with Crippen LogP contribution in [0.25, 0.3) is 22.2 Å². The van der Waals surface area contributed by atoms with Crippen LogP contribution in [0.4, 0.5) is 0 Å². The number of carbonyl (C=O) groups is 1. The van der Waals surface area contributed by atoms with Crippen LogP contribution in [0, 0.1) is 0 Å². The summed E-state index contributed by atoms with van der Waals surface area (Å²) in [6, 6.07) is 4.39. The Morgan fingerprint density at radius 3 is 2.83 bits per heavy atom. The number of likely N-dealkylation sites (tertiary alicyclic amines) is 1. The molecule has 0 aliphatic carbocycles. The van der Waals surface area contributed by atoms with Crippen molar-refractivity contribution in [2.24, 2.45) is 0 Å². The number of rotatable bonds is 2. The molecule has 4 rings (SSSR count). The Labute approximate surface area is 146 Å². The average Bonchev–Trinajstić information content (AvgIpc) is 3.27. The normalized spacial score (nSPS) is 20.9. The molecule has 1 fully saturated rings. The molecule has 3 aromatic heterocycles. The van der Waals surface area contributed by atoms with Gasteiger partial charge >= 0.3 is 0 Å². The molecule has 1 amide bonds. The molecule has 2 N–H and O–H groups in total. The van der Waals surface area contributed by atoms with Gasteiger partial charge in [0.15, 0.2) is 0 Å². The van der Waals surface area contributed by atoms with Crippen LogP contribution >= 0.6 is 11.6 Å². The molecule has 0 radical (unpaired) electrons. The molecule has 2 unspecified atom stereocenters. The fraction of sp³-hybridized carbons (Fsp3) is 0.333. The van der Waals surface area contributed by atoms with Crippen molar-refractivity contribution >= 4 is 28.5 Å². The third kappa shape index (κ3) is 2.31. The van der Waals surface area contributed by atoms with E-state index >= 15 is 0 Å². The fourth-order valence-electron chi connectivity index (χ4n) is 3.67. The SMILES string of the molecule is CC1CCC(C)N1C(=O)c1cc(-c2c(Cl)cnc3[nH]ccc23)c[nH]1.[HH]. The number of fused-ring (bicyclic) bond motifs is 1. The molecule has 6 heteroatoms. The molecule has 2 atom stereocenters. The third-order valence-corrected chi connectivity index (χ3v) is 5.22. The van der Waals surface area contributed by atoms with Gasteiger partial charge in [0.05, 0.1) is 5.02 Å². The first-order chi connectivity index (χ1) is 11.6. The van der Waals surface area contributed by atoms with E-state index in [4.69, 9.17) is 11.6 Å². The number of nitrogens with zero attached hydrogens (tertiary/aromatic N) is 2. The van der Waals surface area contributed by atoms with Crippen LogP contribution in [-0.2, 0) is 0 Å². The maximum absolute atomic E-state index is 12.9. The van der Waals surface area contributed by atoms with E-state index in [1.54, 1.807) is 6.20 Å². The minimum Gasteiger partial charge on any atom is -0.357 e. The van der Waals surface area contributed by atoms with Crippen molar-refractivity contribution in [2.75, 3.05) is 0 Å². The van der Waals surface area contributed by atoms with E-state index in [0.29, 0.717) is 10.7 Å². The zero-order chi connectivity index (χ0) is 16.8. The number of aromatic nitrogens is 3. The fourth-order valence-corrected chi connectivity index (χ4v) is 3.93. The van der Waals surface area contributed by atoms with Crippen molar-refractivity contribution in [1.82, 2.24) is 19.9 Å². The summed E-state index contributed by atoms with van der Waals surface area (Å²) < 4.78 is 0. The number of pyridine rings is 1. The highest BCUT2D eigenvalue weighted by atomic mass is 35.5. The molecule has 4 heterocycles.